The van der Waals surface area contributed by atoms with Gasteiger partial charge in [0.05, 0.1) is 0 Å². The summed E-state index contributed by atoms with van der Waals surface area (Å²) in [7, 11) is 0. The highest BCUT2D eigenvalue weighted by Crippen LogP contribution is 2.63. The largest absolute Gasteiger partial charge is 0.310 e. The molecule has 10 rings (SSSR count). The standard InChI is InChI=1S/C59H61N/c1-34-29-36-31-48-47-28-27-46-45-26-25-44-43-24-23-42(60(40-19-15-38(16-20-40)55(3,4)5)41-21-17-39(18-22-41)56(6,7)8)33-50(43)58(11,12)51(44)53(45)59(13,14)54(46)52(47)57(9,10)49(48)32-37(36)30-35(34)2/h15-33H,1-14H3. The molecule has 1 nitrogen and oxygen atoms in total. The Kier molecular flexibility index (Phi) is 7.98. The number of fused-ring (bicyclic) bond motifs is 12. The molecular formula is C59H61N. The highest BCUT2D eigenvalue weighted by molar-refractivity contribution is 5.99. The van der Waals surface area contributed by atoms with Crippen LogP contribution >= 0.6 is 0 Å². The van der Waals surface area contributed by atoms with E-state index in [1.54, 1.807) is 0 Å². The number of hydrogen-bond acceptors (Lipinski definition) is 1. The van der Waals surface area contributed by atoms with E-state index in [2.05, 4.69) is 217 Å². The third-order valence-electron chi connectivity index (χ3n) is 15.0. The van der Waals surface area contributed by atoms with Gasteiger partial charge in [-0.25, -0.2) is 0 Å². The van der Waals surface area contributed by atoms with Crippen molar-refractivity contribution in [1.29, 1.82) is 0 Å². The molecule has 302 valence electrons. The Hall–Kier alpha value is -5.40. The number of aryl methyl sites for hydroxylation is 2. The lowest BCUT2D eigenvalue weighted by atomic mass is 9.69. The van der Waals surface area contributed by atoms with Crippen molar-refractivity contribution in [2.24, 2.45) is 0 Å². The molecule has 7 aromatic carbocycles. The zero-order valence-electron chi connectivity index (χ0n) is 38.4. The molecule has 1 heteroatoms. The van der Waals surface area contributed by atoms with Gasteiger partial charge in [-0.1, -0.05) is 150 Å². The Labute approximate surface area is 359 Å². The quantitative estimate of drug-likeness (QED) is 0.173. The molecule has 0 spiro atoms. The fourth-order valence-corrected chi connectivity index (χ4v) is 11.5. The molecule has 0 bridgehead atoms. The third-order valence-corrected chi connectivity index (χ3v) is 15.0. The third kappa shape index (κ3) is 5.36. The van der Waals surface area contributed by atoms with Gasteiger partial charge in [0.2, 0.25) is 0 Å². The van der Waals surface area contributed by atoms with Gasteiger partial charge in [0.1, 0.15) is 0 Å². The number of rotatable bonds is 3. The SMILES string of the molecule is Cc1cc2cc3c(cc2cc1C)C(C)(C)c1c-3ccc2c1C(C)(C)c1c-2ccc2c1C(C)(C)c1cc(N(c3ccc(C(C)(C)C)cc3)c3ccc(C(C)(C)C)cc3)ccc1-2. The van der Waals surface area contributed by atoms with Gasteiger partial charge >= 0.3 is 0 Å². The first-order chi connectivity index (χ1) is 28.1. The maximum absolute atomic E-state index is 2.51. The summed E-state index contributed by atoms with van der Waals surface area (Å²) in [4.78, 5) is 2.46. The van der Waals surface area contributed by atoms with Crippen molar-refractivity contribution < 1.29 is 0 Å². The normalized spacial score (nSPS) is 16.2. The summed E-state index contributed by atoms with van der Waals surface area (Å²) >= 11 is 0. The molecule has 3 aliphatic rings. The highest BCUT2D eigenvalue weighted by atomic mass is 15.1. The van der Waals surface area contributed by atoms with Crippen LogP contribution in [0.25, 0.3) is 44.2 Å². The van der Waals surface area contributed by atoms with Crippen LogP contribution in [0.3, 0.4) is 0 Å². The van der Waals surface area contributed by atoms with Gasteiger partial charge in [0.25, 0.3) is 0 Å². The minimum absolute atomic E-state index is 0.0850. The summed E-state index contributed by atoms with van der Waals surface area (Å²) in [5.41, 5.74) is 25.8. The molecule has 0 aromatic heterocycles. The molecule has 60 heavy (non-hydrogen) atoms. The molecule has 0 saturated carbocycles. The van der Waals surface area contributed by atoms with Gasteiger partial charge < -0.3 is 4.90 Å². The number of benzene rings is 7. The minimum atomic E-state index is -0.210. The number of hydrogen-bond donors (Lipinski definition) is 0. The lowest BCUT2D eigenvalue weighted by Gasteiger charge is -2.34. The summed E-state index contributed by atoms with van der Waals surface area (Å²) in [5, 5.41) is 2.68. The lowest BCUT2D eigenvalue weighted by molar-refractivity contribution is 0.578. The molecule has 0 amide bonds. The first-order valence-electron chi connectivity index (χ1n) is 22.2. The molecule has 0 saturated heterocycles. The van der Waals surface area contributed by atoms with Gasteiger partial charge in [-0.05, 0) is 173 Å². The van der Waals surface area contributed by atoms with E-state index in [1.165, 1.54) is 117 Å². The number of anilines is 3. The van der Waals surface area contributed by atoms with Crippen molar-refractivity contribution in [1.82, 2.24) is 0 Å². The topological polar surface area (TPSA) is 3.24 Å². The summed E-state index contributed by atoms with van der Waals surface area (Å²) < 4.78 is 0. The Balaban J connectivity index is 1.11. The van der Waals surface area contributed by atoms with Crippen molar-refractivity contribution in [3.63, 3.8) is 0 Å². The van der Waals surface area contributed by atoms with Crippen LogP contribution in [0.5, 0.6) is 0 Å². The molecule has 3 aliphatic carbocycles. The Bertz CT molecular complexity index is 2890. The van der Waals surface area contributed by atoms with E-state index in [0.717, 1.165) is 0 Å². The Morgan fingerprint density at radius 1 is 0.350 bits per heavy atom. The molecule has 0 atom stereocenters. The fourth-order valence-electron chi connectivity index (χ4n) is 11.5. The van der Waals surface area contributed by atoms with Crippen LogP contribution in [-0.4, -0.2) is 0 Å². The molecule has 0 aliphatic heterocycles. The second-order valence-electron chi connectivity index (χ2n) is 22.0. The number of nitrogens with zero attached hydrogens (tertiary/aromatic N) is 1. The average Bonchev–Trinajstić information content (AvgIpc) is 3.66. The van der Waals surface area contributed by atoms with Crippen molar-refractivity contribution >= 4 is 27.8 Å². The van der Waals surface area contributed by atoms with Crippen molar-refractivity contribution in [3.8, 4) is 33.4 Å². The van der Waals surface area contributed by atoms with Crippen LogP contribution in [0.15, 0.2) is 115 Å². The summed E-state index contributed by atoms with van der Waals surface area (Å²) in [6.07, 6.45) is 0. The summed E-state index contributed by atoms with van der Waals surface area (Å²) in [6, 6.07) is 45.2. The van der Waals surface area contributed by atoms with E-state index < -0.39 is 0 Å². The molecule has 0 radical (unpaired) electrons. The highest BCUT2D eigenvalue weighted by Gasteiger charge is 2.50. The van der Waals surface area contributed by atoms with Crippen LogP contribution in [0.1, 0.15) is 139 Å². The van der Waals surface area contributed by atoms with Gasteiger partial charge in [-0.3, -0.25) is 0 Å². The molecule has 7 aromatic rings. The van der Waals surface area contributed by atoms with E-state index in [-0.39, 0.29) is 27.1 Å². The second kappa shape index (κ2) is 12.3. The van der Waals surface area contributed by atoms with E-state index in [4.69, 9.17) is 0 Å². The summed E-state index contributed by atoms with van der Waals surface area (Å²) in [6.45, 7) is 33.1. The molecule has 0 unspecified atom stereocenters. The van der Waals surface area contributed by atoms with Crippen molar-refractivity contribution in [2.75, 3.05) is 4.90 Å². The molecular weight excluding hydrogens is 723 g/mol. The lowest BCUT2D eigenvalue weighted by Crippen LogP contribution is -2.27. The minimum Gasteiger partial charge on any atom is -0.310 e. The van der Waals surface area contributed by atoms with Gasteiger partial charge in [-0.2, -0.15) is 0 Å². The zero-order chi connectivity index (χ0) is 42.6. The molecule has 0 heterocycles. The van der Waals surface area contributed by atoms with Crippen molar-refractivity contribution in [3.05, 3.63) is 171 Å². The van der Waals surface area contributed by atoms with Crippen LogP contribution < -0.4 is 4.90 Å². The maximum atomic E-state index is 2.51. The first kappa shape index (κ1) is 38.8. The van der Waals surface area contributed by atoms with E-state index in [1.807, 2.05) is 0 Å². The fraction of sp³-hybridized carbons (Fsp3) is 0.322. The predicted molar refractivity (Wildman–Crippen MR) is 258 cm³/mol. The second-order valence-corrected chi connectivity index (χ2v) is 22.0. The average molecular weight is 784 g/mol. The predicted octanol–water partition coefficient (Wildman–Crippen LogP) is 16.4. The van der Waals surface area contributed by atoms with Crippen LogP contribution in [0.4, 0.5) is 17.1 Å². The Morgan fingerprint density at radius 2 is 0.700 bits per heavy atom. The van der Waals surface area contributed by atoms with E-state index in [0.29, 0.717) is 0 Å². The first-order valence-corrected chi connectivity index (χ1v) is 22.2. The van der Waals surface area contributed by atoms with Crippen LogP contribution in [0.2, 0.25) is 0 Å². The molecule has 0 N–H and O–H groups in total. The summed E-state index contributed by atoms with van der Waals surface area (Å²) in [5.74, 6) is 0. The van der Waals surface area contributed by atoms with E-state index in [9.17, 15) is 0 Å². The van der Waals surface area contributed by atoms with Gasteiger partial charge in [0.15, 0.2) is 0 Å². The smallest absolute Gasteiger partial charge is 0.0465 e. The maximum Gasteiger partial charge on any atom is 0.0465 e. The van der Waals surface area contributed by atoms with Gasteiger partial charge in [0, 0.05) is 33.3 Å². The van der Waals surface area contributed by atoms with Crippen molar-refractivity contribution in [2.45, 2.75) is 124 Å². The van der Waals surface area contributed by atoms with Crippen LogP contribution in [0, 0.1) is 13.8 Å². The van der Waals surface area contributed by atoms with Crippen LogP contribution in [-0.2, 0) is 27.1 Å². The zero-order valence-corrected chi connectivity index (χ0v) is 38.4. The van der Waals surface area contributed by atoms with E-state index >= 15 is 0 Å². The monoisotopic (exact) mass is 783 g/mol. The Morgan fingerprint density at radius 3 is 1.15 bits per heavy atom. The van der Waals surface area contributed by atoms with Gasteiger partial charge in [-0.15, -0.1) is 0 Å². The molecule has 0 fully saturated rings.